The summed E-state index contributed by atoms with van der Waals surface area (Å²) in [5.74, 6) is 0. The maximum absolute atomic E-state index is 11.6. The largest absolute Gasteiger partial charge is 0.231 e. The van der Waals surface area contributed by atoms with E-state index in [2.05, 4.69) is 10.1 Å². The Labute approximate surface area is 98.0 Å². The van der Waals surface area contributed by atoms with Crippen molar-refractivity contribution in [3.63, 3.8) is 0 Å². The van der Waals surface area contributed by atoms with E-state index in [9.17, 15) is 8.42 Å². The van der Waals surface area contributed by atoms with Crippen molar-refractivity contribution in [2.75, 3.05) is 6.26 Å². The van der Waals surface area contributed by atoms with Crippen molar-refractivity contribution in [2.24, 2.45) is 0 Å². The number of sulfone groups is 1. The molecule has 7 heteroatoms. The lowest BCUT2D eigenvalue weighted by molar-refractivity contribution is 0.601. The molecule has 0 aliphatic heterocycles. The van der Waals surface area contributed by atoms with Gasteiger partial charge in [-0.2, -0.15) is 5.10 Å². The topological polar surface area (TPSA) is 64.3 Å². The number of hydrogen-bond donors (Lipinski definition) is 0. The maximum atomic E-state index is 11.6. The van der Waals surface area contributed by atoms with Crippen LogP contribution in [0.5, 0.6) is 0 Å². The van der Waals surface area contributed by atoms with E-state index in [-0.39, 0.29) is 10.0 Å². The molecule has 0 N–H and O–H groups in total. The van der Waals surface area contributed by atoms with Gasteiger partial charge >= 0.3 is 0 Å². The number of hydrogen-bond acceptors (Lipinski definition) is 4. The zero-order valence-electron chi connectivity index (χ0n) is 9.02. The van der Waals surface area contributed by atoms with Gasteiger partial charge in [-0.05, 0) is 19.9 Å². The number of nitrogens with zero attached hydrogens (tertiary/aromatic N) is 3. The fraction of sp³-hybridized carbons (Fsp3) is 0.333. The molecule has 2 rings (SSSR count). The van der Waals surface area contributed by atoms with E-state index < -0.39 is 9.84 Å². The van der Waals surface area contributed by atoms with Crippen LogP contribution in [0.2, 0.25) is 5.15 Å². The van der Waals surface area contributed by atoms with Gasteiger partial charge < -0.3 is 0 Å². The molecule has 0 radical (unpaired) electrons. The van der Waals surface area contributed by atoms with Gasteiger partial charge in [0, 0.05) is 6.26 Å². The third-order valence-corrected chi connectivity index (χ3v) is 3.67. The summed E-state index contributed by atoms with van der Waals surface area (Å²) in [7, 11) is -3.36. The number of fused-ring (bicyclic) bond motifs is 1. The predicted molar refractivity (Wildman–Crippen MR) is 60.6 cm³/mol. The zero-order chi connectivity index (χ0) is 12.1. The lowest BCUT2D eigenvalue weighted by atomic mass is 10.4. The molecule has 0 aliphatic rings. The first-order valence-corrected chi connectivity index (χ1v) is 6.80. The van der Waals surface area contributed by atoms with Crippen LogP contribution in [0.1, 0.15) is 11.4 Å². The molecule has 0 amide bonds. The molecular formula is C9H10ClN3O2S. The molecule has 0 bridgehead atoms. The number of imidazole rings is 1. The molecule has 0 fully saturated rings. The lowest BCUT2D eigenvalue weighted by Gasteiger charge is -2.02. The van der Waals surface area contributed by atoms with E-state index in [1.807, 2.05) is 6.92 Å². The molecule has 0 atom stereocenters. The van der Waals surface area contributed by atoms with Crippen LogP contribution in [0.3, 0.4) is 0 Å². The molecule has 0 aromatic carbocycles. The average Bonchev–Trinajstić information content (AvgIpc) is 2.42. The minimum atomic E-state index is -3.36. The van der Waals surface area contributed by atoms with Gasteiger partial charge in [-0.3, -0.25) is 0 Å². The second-order valence-corrected chi connectivity index (χ2v) is 5.99. The van der Waals surface area contributed by atoms with Crippen molar-refractivity contribution in [3.05, 3.63) is 22.6 Å². The monoisotopic (exact) mass is 259 g/mol. The van der Waals surface area contributed by atoms with Gasteiger partial charge in [0.2, 0.25) is 0 Å². The first-order valence-electron chi connectivity index (χ1n) is 4.53. The van der Waals surface area contributed by atoms with E-state index in [0.717, 1.165) is 17.6 Å². The first kappa shape index (κ1) is 11.3. The molecule has 0 saturated carbocycles. The van der Waals surface area contributed by atoms with Crippen LogP contribution in [0, 0.1) is 13.8 Å². The highest BCUT2D eigenvalue weighted by molar-refractivity contribution is 7.91. The number of aryl methyl sites for hydroxylation is 2. The number of aromatic nitrogens is 3. The van der Waals surface area contributed by atoms with Crippen molar-refractivity contribution in [1.29, 1.82) is 0 Å². The minimum absolute atomic E-state index is 0.101. The van der Waals surface area contributed by atoms with Gasteiger partial charge in [0.15, 0.2) is 20.6 Å². The smallest absolute Gasteiger partial charge is 0.179 e. The summed E-state index contributed by atoms with van der Waals surface area (Å²) < 4.78 is 24.6. The first-order chi connectivity index (χ1) is 7.30. The van der Waals surface area contributed by atoms with Crippen molar-refractivity contribution < 1.29 is 8.42 Å². The maximum Gasteiger partial charge on any atom is 0.179 e. The molecule has 5 nitrogen and oxygen atoms in total. The highest BCUT2D eigenvalue weighted by Crippen LogP contribution is 2.21. The van der Waals surface area contributed by atoms with Crippen LogP contribution >= 0.6 is 11.6 Å². The Morgan fingerprint density at radius 3 is 2.56 bits per heavy atom. The summed E-state index contributed by atoms with van der Waals surface area (Å²) in [6.07, 6.45) is 1.12. The molecule has 86 valence electrons. The Kier molecular flexibility index (Phi) is 2.43. The molecule has 0 spiro atoms. The van der Waals surface area contributed by atoms with E-state index >= 15 is 0 Å². The highest BCUT2D eigenvalue weighted by atomic mass is 35.5. The molecule has 2 aromatic rings. The fourth-order valence-corrected chi connectivity index (χ4v) is 2.49. The zero-order valence-corrected chi connectivity index (χ0v) is 10.6. The van der Waals surface area contributed by atoms with E-state index in [1.165, 1.54) is 10.6 Å². The van der Waals surface area contributed by atoms with Crippen LogP contribution in [0.4, 0.5) is 0 Å². The van der Waals surface area contributed by atoms with E-state index in [1.54, 1.807) is 6.92 Å². The third-order valence-electron chi connectivity index (χ3n) is 2.38. The van der Waals surface area contributed by atoms with E-state index in [4.69, 9.17) is 11.6 Å². The Balaban J connectivity index is 3.00. The normalized spacial score (nSPS) is 12.2. The molecule has 2 heterocycles. The second kappa shape index (κ2) is 3.43. The molecular weight excluding hydrogens is 250 g/mol. The van der Waals surface area contributed by atoms with Crippen molar-refractivity contribution in [2.45, 2.75) is 18.7 Å². The van der Waals surface area contributed by atoms with Gasteiger partial charge in [0.25, 0.3) is 0 Å². The summed E-state index contributed by atoms with van der Waals surface area (Å²) in [6.45, 7) is 3.61. The Hall–Kier alpha value is -1.14. The second-order valence-electron chi connectivity index (χ2n) is 3.62. The lowest BCUT2D eigenvalue weighted by Crippen LogP contribution is -2.04. The molecule has 0 unspecified atom stereocenters. The summed E-state index contributed by atoms with van der Waals surface area (Å²) >= 11 is 5.79. The average molecular weight is 260 g/mol. The predicted octanol–water partition coefficient (Wildman–Crippen LogP) is 1.40. The SMILES string of the molecule is Cc1nc2c(S(C)(=O)=O)cc(Cl)nn2c1C. The van der Waals surface area contributed by atoms with Crippen molar-refractivity contribution in [3.8, 4) is 0 Å². The summed E-state index contributed by atoms with van der Waals surface area (Å²) in [6, 6.07) is 1.32. The number of halogens is 1. The Morgan fingerprint density at radius 2 is 2.00 bits per heavy atom. The van der Waals surface area contributed by atoms with Crippen LogP contribution in [0.15, 0.2) is 11.0 Å². The third kappa shape index (κ3) is 1.68. The standard InChI is InChI=1S/C9H10ClN3O2S/c1-5-6(2)13-9(11-5)7(16(3,14)15)4-8(10)12-13/h4H,1-3H3. The summed E-state index contributed by atoms with van der Waals surface area (Å²) in [4.78, 5) is 4.28. The summed E-state index contributed by atoms with van der Waals surface area (Å²) in [5.41, 5.74) is 1.84. The molecule has 2 aromatic heterocycles. The molecule has 16 heavy (non-hydrogen) atoms. The van der Waals surface area contributed by atoms with Gasteiger partial charge in [-0.15, -0.1) is 0 Å². The van der Waals surface area contributed by atoms with Gasteiger partial charge in [-0.25, -0.2) is 17.9 Å². The van der Waals surface area contributed by atoms with Crippen LogP contribution in [-0.4, -0.2) is 29.3 Å². The van der Waals surface area contributed by atoms with Crippen molar-refractivity contribution in [1.82, 2.24) is 14.6 Å². The Morgan fingerprint density at radius 1 is 1.38 bits per heavy atom. The van der Waals surface area contributed by atoms with Crippen LogP contribution < -0.4 is 0 Å². The van der Waals surface area contributed by atoms with Crippen LogP contribution in [0.25, 0.3) is 5.65 Å². The number of rotatable bonds is 1. The Bertz CT molecular complexity index is 676. The molecule has 0 saturated heterocycles. The van der Waals surface area contributed by atoms with Crippen LogP contribution in [-0.2, 0) is 9.84 Å². The fourth-order valence-electron chi connectivity index (χ4n) is 1.45. The minimum Gasteiger partial charge on any atom is -0.231 e. The quantitative estimate of drug-likeness (QED) is 0.777. The van der Waals surface area contributed by atoms with Crippen molar-refractivity contribution >= 4 is 27.1 Å². The van der Waals surface area contributed by atoms with Gasteiger partial charge in [-0.1, -0.05) is 11.6 Å². The van der Waals surface area contributed by atoms with Gasteiger partial charge in [0.05, 0.1) is 11.4 Å². The molecule has 0 aliphatic carbocycles. The van der Waals surface area contributed by atoms with E-state index in [0.29, 0.717) is 5.65 Å². The van der Waals surface area contributed by atoms with Gasteiger partial charge in [0.1, 0.15) is 4.90 Å². The summed E-state index contributed by atoms with van der Waals surface area (Å²) in [5, 5.41) is 4.16. The highest BCUT2D eigenvalue weighted by Gasteiger charge is 2.18.